The predicted octanol–water partition coefficient (Wildman–Crippen LogP) is 2.27. The number of imide groups is 1. The number of rotatable bonds is 3. The molecule has 116 valence electrons. The topological polar surface area (TPSA) is 71.5 Å². The van der Waals surface area contributed by atoms with Crippen LogP contribution in [0, 0.1) is 5.92 Å². The fraction of sp³-hybridized carbons (Fsp3) is 0.286. The Labute approximate surface area is 141 Å². The number of carbonyl (C=O) groups is 4. The van der Waals surface area contributed by atoms with E-state index in [2.05, 4.69) is 0 Å². The molecule has 1 unspecified atom stereocenters. The molecule has 2 rings (SSSR count). The average molecular weight is 363 g/mol. The van der Waals surface area contributed by atoms with Gasteiger partial charge in [0.2, 0.25) is 5.91 Å². The highest BCUT2D eigenvalue weighted by Gasteiger charge is 2.43. The Hall–Kier alpha value is -1.43. The number of alkyl halides is 2. The van der Waals surface area contributed by atoms with Gasteiger partial charge in [0.05, 0.1) is 0 Å². The second-order valence-corrected chi connectivity index (χ2v) is 6.18. The first-order valence-electron chi connectivity index (χ1n) is 6.28. The third-order valence-electron chi connectivity index (χ3n) is 3.26. The maximum absolute atomic E-state index is 12.4. The highest BCUT2D eigenvalue weighted by atomic mass is 35.5. The number of amides is 2. The molecule has 0 radical (unpaired) electrons. The van der Waals surface area contributed by atoms with Gasteiger partial charge in [-0.1, -0.05) is 34.8 Å². The van der Waals surface area contributed by atoms with Crippen LogP contribution in [0.4, 0.5) is 0 Å². The van der Waals surface area contributed by atoms with Crippen LogP contribution >= 0.6 is 34.8 Å². The molecule has 1 fully saturated rings. The number of Topliss-reactive ketones (excluding diaryl/α,β-unsaturated/α-hetero) is 2. The number of likely N-dealkylation sites (tertiary alicyclic amines) is 1. The number of halogens is 3. The second kappa shape index (κ2) is 6.77. The van der Waals surface area contributed by atoms with Gasteiger partial charge in [-0.2, -0.15) is 0 Å². The van der Waals surface area contributed by atoms with Gasteiger partial charge in [-0.15, -0.1) is 0 Å². The Bertz CT molecular complexity index is 642. The molecule has 22 heavy (non-hydrogen) atoms. The Morgan fingerprint density at radius 1 is 1.14 bits per heavy atom. The number of ketones is 2. The lowest BCUT2D eigenvalue weighted by Gasteiger charge is -2.29. The van der Waals surface area contributed by atoms with E-state index in [0.717, 1.165) is 4.90 Å². The summed E-state index contributed by atoms with van der Waals surface area (Å²) in [6.45, 7) is -0.128. The summed E-state index contributed by atoms with van der Waals surface area (Å²) in [6, 6.07) is 5.78. The molecule has 1 aliphatic rings. The second-order valence-electron chi connectivity index (χ2n) is 4.65. The summed E-state index contributed by atoms with van der Waals surface area (Å²) in [5.74, 6) is -4.49. The van der Waals surface area contributed by atoms with E-state index in [9.17, 15) is 19.2 Å². The smallest absolute Gasteiger partial charge is 0.262 e. The van der Waals surface area contributed by atoms with Crippen molar-refractivity contribution in [3.05, 3.63) is 34.9 Å². The molecular formula is C14H10Cl3NO4. The molecule has 1 saturated heterocycles. The Kier molecular flexibility index (Phi) is 5.21. The van der Waals surface area contributed by atoms with Gasteiger partial charge in [-0.25, -0.2) is 0 Å². The molecule has 0 N–H and O–H groups in total. The fourth-order valence-electron chi connectivity index (χ4n) is 2.15. The van der Waals surface area contributed by atoms with Gasteiger partial charge in [0.1, 0.15) is 0 Å². The van der Waals surface area contributed by atoms with Crippen LogP contribution in [0.5, 0.6) is 0 Å². The van der Waals surface area contributed by atoms with Gasteiger partial charge in [-0.05, 0) is 24.3 Å². The van der Waals surface area contributed by atoms with Gasteiger partial charge in [0, 0.05) is 23.6 Å². The summed E-state index contributed by atoms with van der Waals surface area (Å²) in [4.78, 5) is 47.7. The van der Waals surface area contributed by atoms with Gasteiger partial charge in [-0.3, -0.25) is 24.1 Å². The zero-order valence-corrected chi connectivity index (χ0v) is 13.4. The van der Waals surface area contributed by atoms with E-state index >= 15 is 0 Å². The molecule has 1 heterocycles. The van der Waals surface area contributed by atoms with Crippen molar-refractivity contribution in [2.45, 2.75) is 11.3 Å². The van der Waals surface area contributed by atoms with Crippen molar-refractivity contribution < 1.29 is 19.2 Å². The molecule has 1 aliphatic heterocycles. The highest BCUT2D eigenvalue weighted by Crippen LogP contribution is 2.22. The van der Waals surface area contributed by atoms with E-state index in [0.29, 0.717) is 5.02 Å². The summed E-state index contributed by atoms with van der Waals surface area (Å²) in [5.41, 5.74) is 0.165. The maximum atomic E-state index is 12.4. The molecule has 5 nitrogen and oxygen atoms in total. The van der Waals surface area contributed by atoms with Gasteiger partial charge in [0.25, 0.3) is 5.91 Å². The van der Waals surface area contributed by atoms with Crippen molar-refractivity contribution in [1.82, 2.24) is 4.90 Å². The Morgan fingerprint density at radius 3 is 2.27 bits per heavy atom. The monoisotopic (exact) mass is 361 g/mol. The molecule has 0 bridgehead atoms. The first-order valence-corrected chi connectivity index (χ1v) is 7.54. The van der Waals surface area contributed by atoms with Crippen LogP contribution in [0.1, 0.15) is 16.8 Å². The first kappa shape index (κ1) is 16.9. The van der Waals surface area contributed by atoms with Crippen LogP contribution < -0.4 is 0 Å². The molecule has 0 saturated carbocycles. The van der Waals surface area contributed by atoms with E-state index in [1.54, 1.807) is 0 Å². The predicted molar refractivity (Wildman–Crippen MR) is 81.1 cm³/mol. The fourth-order valence-corrected chi connectivity index (χ4v) is 2.51. The zero-order valence-electron chi connectivity index (χ0n) is 11.1. The standard InChI is InChI=1S/C14H10Cl3NO4/c15-8-3-1-7(2-4-8)11(20)10-9(19)5-6-18(13(10)21)14(22)12(16)17/h1-4,10,12H,5-6H2. The number of hydrogen-bond donors (Lipinski definition) is 0. The number of hydrogen-bond acceptors (Lipinski definition) is 4. The van der Waals surface area contributed by atoms with Gasteiger partial charge in [0.15, 0.2) is 22.3 Å². The SMILES string of the molecule is O=C1CCN(C(=O)C(Cl)Cl)C(=O)C1C(=O)c1ccc(Cl)cc1. The maximum Gasteiger partial charge on any atom is 0.262 e. The molecule has 2 amide bonds. The van der Waals surface area contributed by atoms with Crippen molar-refractivity contribution >= 4 is 58.2 Å². The van der Waals surface area contributed by atoms with Crippen molar-refractivity contribution in [3.63, 3.8) is 0 Å². The number of carbonyl (C=O) groups excluding carboxylic acids is 4. The molecule has 1 aromatic carbocycles. The largest absolute Gasteiger partial charge is 0.298 e. The average Bonchev–Trinajstić information content (AvgIpc) is 2.47. The minimum absolute atomic E-state index is 0.109. The summed E-state index contributed by atoms with van der Waals surface area (Å²) < 4.78 is 0. The van der Waals surface area contributed by atoms with Crippen LogP contribution in [0.15, 0.2) is 24.3 Å². The van der Waals surface area contributed by atoms with Crippen LogP contribution in [0.25, 0.3) is 0 Å². The Morgan fingerprint density at radius 2 is 1.73 bits per heavy atom. The van der Waals surface area contributed by atoms with Crippen molar-refractivity contribution in [2.75, 3.05) is 6.54 Å². The first-order chi connectivity index (χ1) is 10.3. The number of benzene rings is 1. The van der Waals surface area contributed by atoms with Crippen molar-refractivity contribution in [3.8, 4) is 0 Å². The third kappa shape index (κ3) is 3.32. The molecule has 0 aliphatic carbocycles. The lowest BCUT2D eigenvalue weighted by molar-refractivity contribution is -0.150. The van der Waals surface area contributed by atoms with Gasteiger partial charge < -0.3 is 0 Å². The third-order valence-corrected chi connectivity index (χ3v) is 3.89. The van der Waals surface area contributed by atoms with Gasteiger partial charge >= 0.3 is 0 Å². The molecule has 0 spiro atoms. The van der Waals surface area contributed by atoms with Crippen LogP contribution in [0.3, 0.4) is 0 Å². The van der Waals surface area contributed by atoms with E-state index in [1.807, 2.05) is 0 Å². The lowest BCUT2D eigenvalue weighted by atomic mass is 9.88. The summed E-state index contributed by atoms with van der Waals surface area (Å²) in [6.07, 6.45) is -0.109. The minimum Gasteiger partial charge on any atom is -0.298 e. The molecular weight excluding hydrogens is 353 g/mol. The molecule has 1 aromatic rings. The zero-order chi connectivity index (χ0) is 16.4. The van der Waals surface area contributed by atoms with E-state index in [4.69, 9.17) is 34.8 Å². The molecule has 0 aromatic heterocycles. The summed E-state index contributed by atoms with van der Waals surface area (Å²) in [7, 11) is 0. The molecule has 1 atom stereocenters. The Balaban J connectivity index is 2.29. The summed E-state index contributed by atoms with van der Waals surface area (Å²) >= 11 is 16.7. The van der Waals surface area contributed by atoms with Crippen LogP contribution in [-0.4, -0.2) is 39.7 Å². The van der Waals surface area contributed by atoms with E-state index < -0.39 is 34.1 Å². The minimum atomic E-state index is -1.55. The lowest BCUT2D eigenvalue weighted by Crippen LogP contribution is -2.52. The van der Waals surface area contributed by atoms with Crippen LogP contribution in [0.2, 0.25) is 5.02 Å². The quantitative estimate of drug-likeness (QED) is 0.470. The molecule has 8 heteroatoms. The number of piperidine rings is 1. The van der Waals surface area contributed by atoms with Crippen molar-refractivity contribution in [1.29, 1.82) is 0 Å². The highest BCUT2D eigenvalue weighted by molar-refractivity contribution is 6.54. The summed E-state index contributed by atoms with van der Waals surface area (Å²) in [5, 5.41) is 0.418. The number of nitrogens with zero attached hydrogens (tertiary/aromatic N) is 1. The van der Waals surface area contributed by atoms with E-state index in [-0.39, 0.29) is 18.5 Å². The van der Waals surface area contributed by atoms with Crippen LogP contribution in [-0.2, 0) is 14.4 Å². The van der Waals surface area contributed by atoms with Crippen molar-refractivity contribution in [2.24, 2.45) is 5.92 Å². The van der Waals surface area contributed by atoms with E-state index in [1.165, 1.54) is 24.3 Å². The normalized spacial score (nSPS) is 18.7.